The molecule has 80 valence electrons. The number of carbonyl (C=O) groups is 1. The maximum Gasteiger partial charge on any atom is 0.332 e. The third-order valence-electron chi connectivity index (χ3n) is 2.68. The van der Waals surface area contributed by atoms with Gasteiger partial charge in [-0.25, -0.2) is 4.79 Å². The molecule has 1 unspecified atom stereocenters. The minimum atomic E-state index is -0.968. The van der Waals surface area contributed by atoms with Crippen molar-refractivity contribution in [2.75, 3.05) is 19.6 Å². The standard InChI is InChI=1S/C10H17NO3/c1-7(9(13)14)4-11-5-8(12)10(2,3)6-11/h8,12H,1,4-6H2,2-3H3,(H,13,14). The normalized spacial score (nSPS) is 26.4. The largest absolute Gasteiger partial charge is 0.478 e. The van der Waals surface area contributed by atoms with Crippen molar-refractivity contribution in [2.45, 2.75) is 20.0 Å². The first-order valence-electron chi connectivity index (χ1n) is 4.64. The molecule has 0 aromatic rings. The summed E-state index contributed by atoms with van der Waals surface area (Å²) in [6.07, 6.45) is -0.385. The van der Waals surface area contributed by atoms with Crippen molar-refractivity contribution in [1.82, 2.24) is 4.90 Å². The summed E-state index contributed by atoms with van der Waals surface area (Å²) in [5.41, 5.74) is 0.0218. The van der Waals surface area contributed by atoms with E-state index in [1.807, 2.05) is 18.7 Å². The second kappa shape index (κ2) is 3.71. The fraction of sp³-hybridized carbons (Fsp3) is 0.700. The van der Waals surface area contributed by atoms with Crippen LogP contribution in [0.3, 0.4) is 0 Å². The Morgan fingerprint density at radius 3 is 2.57 bits per heavy atom. The first kappa shape index (κ1) is 11.2. The molecule has 1 aliphatic heterocycles. The molecule has 0 aromatic heterocycles. The highest BCUT2D eigenvalue weighted by molar-refractivity contribution is 5.86. The van der Waals surface area contributed by atoms with Gasteiger partial charge in [0.1, 0.15) is 0 Å². The van der Waals surface area contributed by atoms with Crippen molar-refractivity contribution >= 4 is 5.97 Å². The van der Waals surface area contributed by atoms with Gasteiger partial charge in [0, 0.05) is 30.6 Å². The van der Waals surface area contributed by atoms with Gasteiger partial charge in [-0.05, 0) is 0 Å². The Bertz CT molecular complexity index is 260. The zero-order valence-corrected chi connectivity index (χ0v) is 8.66. The SMILES string of the molecule is C=C(CN1CC(O)C(C)(C)C1)C(=O)O. The molecule has 0 amide bonds. The van der Waals surface area contributed by atoms with Crippen molar-refractivity contribution in [3.05, 3.63) is 12.2 Å². The van der Waals surface area contributed by atoms with Gasteiger partial charge < -0.3 is 10.2 Å². The molecular weight excluding hydrogens is 182 g/mol. The second-order valence-corrected chi connectivity index (χ2v) is 4.58. The van der Waals surface area contributed by atoms with Crippen LogP contribution in [0.15, 0.2) is 12.2 Å². The van der Waals surface area contributed by atoms with Crippen molar-refractivity contribution in [1.29, 1.82) is 0 Å². The van der Waals surface area contributed by atoms with Crippen LogP contribution in [0.25, 0.3) is 0 Å². The summed E-state index contributed by atoms with van der Waals surface area (Å²) in [4.78, 5) is 12.5. The lowest BCUT2D eigenvalue weighted by atomic mass is 9.90. The number of aliphatic hydroxyl groups excluding tert-OH is 1. The second-order valence-electron chi connectivity index (χ2n) is 4.58. The Morgan fingerprint density at radius 1 is 1.64 bits per heavy atom. The summed E-state index contributed by atoms with van der Waals surface area (Å²) in [5.74, 6) is -0.968. The zero-order valence-electron chi connectivity index (χ0n) is 8.66. The molecule has 1 fully saturated rings. The zero-order chi connectivity index (χ0) is 10.9. The molecule has 0 bridgehead atoms. The maximum atomic E-state index is 10.5. The van der Waals surface area contributed by atoms with E-state index in [1.54, 1.807) is 0 Å². The molecule has 0 radical (unpaired) electrons. The summed E-state index contributed by atoms with van der Waals surface area (Å²) in [5, 5.41) is 18.3. The molecule has 0 aliphatic carbocycles. The number of β-amino-alcohol motifs (C(OH)–C–C–N with tert-alkyl or cyclic N) is 1. The van der Waals surface area contributed by atoms with Crippen LogP contribution < -0.4 is 0 Å². The monoisotopic (exact) mass is 199 g/mol. The van der Waals surface area contributed by atoms with Gasteiger partial charge in [0.15, 0.2) is 0 Å². The minimum Gasteiger partial charge on any atom is -0.478 e. The van der Waals surface area contributed by atoms with E-state index < -0.39 is 5.97 Å². The lowest BCUT2D eigenvalue weighted by Gasteiger charge is -2.21. The fourth-order valence-electron chi connectivity index (χ4n) is 1.70. The van der Waals surface area contributed by atoms with E-state index in [2.05, 4.69) is 6.58 Å². The van der Waals surface area contributed by atoms with Gasteiger partial charge in [0.25, 0.3) is 0 Å². The van der Waals surface area contributed by atoms with Crippen LogP contribution in [-0.2, 0) is 4.79 Å². The van der Waals surface area contributed by atoms with Crippen molar-refractivity contribution < 1.29 is 15.0 Å². The van der Waals surface area contributed by atoms with E-state index >= 15 is 0 Å². The molecule has 1 aliphatic rings. The van der Waals surface area contributed by atoms with Crippen molar-refractivity contribution in [2.24, 2.45) is 5.41 Å². The predicted molar refractivity (Wildman–Crippen MR) is 53.0 cm³/mol. The van der Waals surface area contributed by atoms with Gasteiger partial charge in [-0.3, -0.25) is 4.90 Å². The summed E-state index contributed by atoms with van der Waals surface area (Å²) >= 11 is 0. The summed E-state index contributed by atoms with van der Waals surface area (Å²) < 4.78 is 0. The number of carboxylic acid groups (broad SMARTS) is 1. The number of hydrogen-bond donors (Lipinski definition) is 2. The molecule has 4 nitrogen and oxygen atoms in total. The van der Waals surface area contributed by atoms with Gasteiger partial charge in [-0.2, -0.15) is 0 Å². The van der Waals surface area contributed by atoms with E-state index in [0.717, 1.165) is 0 Å². The number of hydrogen-bond acceptors (Lipinski definition) is 3. The highest BCUT2D eigenvalue weighted by Gasteiger charge is 2.38. The lowest BCUT2D eigenvalue weighted by molar-refractivity contribution is -0.132. The van der Waals surface area contributed by atoms with Crippen LogP contribution >= 0.6 is 0 Å². The molecule has 14 heavy (non-hydrogen) atoms. The third kappa shape index (κ3) is 2.33. The van der Waals surface area contributed by atoms with Crippen LogP contribution in [0.5, 0.6) is 0 Å². The van der Waals surface area contributed by atoms with E-state index in [4.69, 9.17) is 5.11 Å². The average molecular weight is 199 g/mol. The number of nitrogens with zero attached hydrogens (tertiary/aromatic N) is 1. The Labute approximate surface area is 83.8 Å². The molecule has 0 spiro atoms. The lowest BCUT2D eigenvalue weighted by Crippen LogP contribution is -2.27. The molecule has 0 aromatic carbocycles. The van der Waals surface area contributed by atoms with Gasteiger partial charge in [0.05, 0.1) is 6.10 Å². The molecular formula is C10H17NO3. The Hall–Kier alpha value is -0.870. The van der Waals surface area contributed by atoms with Crippen LogP contribution in [0.1, 0.15) is 13.8 Å². The smallest absolute Gasteiger partial charge is 0.332 e. The maximum absolute atomic E-state index is 10.5. The fourth-order valence-corrected chi connectivity index (χ4v) is 1.70. The Kier molecular flexibility index (Phi) is 2.97. The predicted octanol–water partition coefficient (Wildman–Crippen LogP) is 0.330. The van der Waals surface area contributed by atoms with Crippen molar-refractivity contribution in [3.63, 3.8) is 0 Å². The summed E-state index contributed by atoms with van der Waals surface area (Å²) in [7, 11) is 0. The Balaban J connectivity index is 2.51. The van der Waals surface area contributed by atoms with E-state index in [1.165, 1.54) is 0 Å². The quantitative estimate of drug-likeness (QED) is 0.643. The molecule has 1 heterocycles. The van der Waals surface area contributed by atoms with Crippen LogP contribution in [0, 0.1) is 5.41 Å². The van der Waals surface area contributed by atoms with Crippen LogP contribution in [0.2, 0.25) is 0 Å². The number of aliphatic carboxylic acids is 1. The molecule has 0 saturated carbocycles. The summed E-state index contributed by atoms with van der Waals surface area (Å²) in [6, 6.07) is 0. The Morgan fingerprint density at radius 2 is 2.21 bits per heavy atom. The minimum absolute atomic E-state index is 0.154. The van der Waals surface area contributed by atoms with E-state index in [-0.39, 0.29) is 17.1 Å². The van der Waals surface area contributed by atoms with Gasteiger partial charge in [-0.15, -0.1) is 0 Å². The van der Waals surface area contributed by atoms with Gasteiger partial charge in [0.2, 0.25) is 0 Å². The van der Waals surface area contributed by atoms with Crippen LogP contribution in [-0.4, -0.2) is 46.8 Å². The molecule has 1 saturated heterocycles. The average Bonchev–Trinajstić information content (AvgIpc) is 2.25. The molecule has 4 heteroatoms. The van der Waals surface area contributed by atoms with Crippen LogP contribution in [0.4, 0.5) is 0 Å². The van der Waals surface area contributed by atoms with E-state index in [0.29, 0.717) is 19.6 Å². The molecule has 1 atom stereocenters. The van der Waals surface area contributed by atoms with Gasteiger partial charge >= 0.3 is 5.97 Å². The third-order valence-corrected chi connectivity index (χ3v) is 2.68. The first-order chi connectivity index (χ1) is 6.33. The topological polar surface area (TPSA) is 60.8 Å². The number of carboxylic acids is 1. The first-order valence-corrected chi connectivity index (χ1v) is 4.64. The molecule has 2 N–H and O–H groups in total. The van der Waals surface area contributed by atoms with Gasteiger partial charge in [-0.1, -0.05) is 20.4 Å². The number of rotatable bonds is 3. The molecule has 1 rings (SSSR count). The van der Waals surface area contributed by atoms with Crippen molar-refractivity contribution in [3.8, 4) is 0 Å². The number of aliphatic hydroxyl groups is 1. The number of likely N-dealkylation sites (tertiary alicyclic amines) is 1. The van der Waals surface area contributed by atoms with E-state index in [9.17, 15) is 9.90 Å². The highest BCUT2D eigenvalue weighted by atomic mass is 16.4. The summed E-state index contributed by atoms with van der Waals surface area (Å²) in [6.45, 7) is 8.98. The highest BCUT2D eigenvalue weighted by Crippen LogP contribution is 2.29.